The summed E-state index contributed by atoms with van der Waals surface area (Å²) in [5.74, 6) is -6.80. The van der Waals surface area contributed by atoms with Gasteiger partial charge in [-0.2, -0.15) is 0 Å². The zero-order chi connectivity index (χ0) is 28.2. The van der Waals surface area contributed by atoms with Gasteiger partial charge >= 0.3 is 229 Å². The Kier molecular flexibility index (Phi) is 9.08. The number of halogens is 4. The molecule has 0 amide bonds. The molecule has 0 saturated carbocycles. The zero-order valence-electron chi connectivity index (χ0n) is 21.7. The van der Waals surface area contributed by atoms with Crippen molar-refractivity contribution in [1.82, 2.24) is 0 Å². The quantitative estimate of drug-likeness (QED) is 0.141. The predicted molar refractivity (Wildman–Crippen MR) is 137 cm³/mol. The van der Waals surface area contributed by atoms with Gasteiger partial charge in [-0.25, -0.2) is 0 Å². The summed E-state index contributed by atoms with van der Waals surface area (Å²) < 4.78 is 75.0. The first-order valence-corrected chi connectivity index (χ1v) is 16.0. The summed E-state index contributed by atoms with van der Waals surface area (Å²) in [5.41, 5.74) is 0. The van der Waals surface area contributed by atoms with Crippen LogP contribution in [0.5, 0.6) is 11.5 Å². The molecule has 39 heavy (non-hydrogen) atoms. The van der Waals surface area contributed by atoms with Gasteiger partial charge in [0.1, 0.15) is 0 Å². The maximum absolute atomic E-state index is 16.4. The van der Waals surface area contributed by atoms with Gasteiger partial charge in [0, 0.05) is 0 Å². The van der Waals surface area contributed by atoms with Crippen molar-refractivity contribution in [3.63, 3.8) is 0 Å². The molecule has 9 heteroatoms. The summed E-state index contributed by atoms with van der Waals surface area (Å²) >= 11 is -5.12. The fraction of sp³-hybridized carbons (Fsp3) is 0.267. The molecule has 0 saturated heterocycles. The average molecular weight is 576 g/mol. The van der Waals surface area contributed by atoms with E-state index in [1.807, 2.05) is 0 Å². The van der Waals surface area contributed by atoms with Crippen LogP contribution in [0.4, 0.5) is 17.6 Å². The van der Waals surface area contributed by atoms with Crippen molar-refractivity contribution < 1.29 is 53.2 Å². The third kappa shape index (κ3) is 5.45. The SMILES string of the molecule is CCCC(=O)Oc1ccc(F)[c]([Ti]([C]2=CC=CC2)([C]2=CC=CC2)[c]2c(F)ccc(OC(=O)CCC)c2F)c1F. The van der Waals surface area contributed by atoms with E-state index in [9.17, 15) is 9.59 Å². The molecule has 0 fully saturated rings. The van der Waals surface area contributed by atoms with Gasteiger partial charge in [-0.15, -0.1) is 0 Å². The molecular weight excluding hydrogens is 548 g/mol. The van der Waals surface area contributed by atoms with Crippen LogP contribution in [-0.4, -0.2) is 11.9 Å². The molecule has 0 N–H and O–H groups in total. The molecule has 0 aromatic heterocycles. The van der Waals surface area contributed by atoms with E-state index in [1.54, 1.807) is 50.3 Å². The third-order valence-corrected chi connectivity index (χ3v) is 14.7. The second-order valence-electron chi connectivity index (χ2n) is 9.32. The number of carbonyl (C=O) groups is 2. The Morgan fingerprint density at radius 2 is 1.13 bits per heavy atom. The van der Waals surface area contributed by atoms with Crippen molar-refractivity contribution in [2.75, 3.05) is 0 Å². The molecule has 0 unspecified atom stereocenters. The van der Waals surface area contributed by atoms with Crippen LogP contribution in [0.15, 0.2) is 68.5 Å². The first kappa shape index (κ1) is 28.8. The standard InChI is InChI=1S/2C10H9F2O2.2C5H5.Ti/c2*1-2-3-10(13)14-9-5-4-7(11)6-8(9)12;2*1-2-4-5-3-1;/h2*4-5H,2-3H2,1H3;2*1-3H,4H2;. The van der Waals surface area contributed by atoms with Gasteiger partial charge in [0.15, 0.2) is 0 Å². The number of esters is 2. The molecule has 2 aromatic rings. The molecule has 2 aliphatic rings. The second kappa shape index (κ2) is 12.3. The first-order chi connectivity index (χ1) is 18.7. The Labute approximate surface area is 228 Å². The fourth-order valence-electron chi connectivity index (χ4n) is 5.09. The molecule has 2 aromatic carbocycles. The van der Waals surface area contributed by atoms with Gasteiger partial charge < -0.3 is 0 Å². The Hall–Kier alpha value is -3.23. The minimum absolute atomic E-state index is 0.0112. The van der Waals surface area contributed by atoms with Gasteiger partial charge in [-0.1, -0.05) is 0 Å². The van der Waals surface area contributed by atoms with Crippen LogP contribution in [-0.2, 0) is 26.2 Å². The van der Waals surface area contributed by atoms with Gasteiger partial charge in [-0.05, 0) is 0 Å². The summed E-state index contributed by atoms with van der Waals surface area (Å²) in [6.07, 6.45) is 11.5. The molecular formula is C30H28F4O4Ti. The number of hydrogen-bond donors (Lipinski definition) is 0. The van der Waals surface area contributed by atoms with Crippen molar-refractivity contribution in [2.24, 2.45) is 0 Å². The van der Waals surface area contributed by atoms with E-state index in [0.29, 0.717) is 20.6 Å². The number of ether oxygens (including phenoxy) is 2. The van der Waals surface area contributed by atoms with Crippen LogP contribution in [0.2, 0.25) is 0 Å². The molecule has 0 radical (unpaired) electrons. The number of hydrogen-bond acceptors (Lipinski definition) is 4. The third-order valence-electron chi connectivity index (χ3n) is 6.72. The van der Waals surface area contributed by atoms with E-state index in [4.69, 9.17) is 9.47 Å². The molecule has 0 atom stereocenters. The maximum atomic E-state index is 16.4. The summed E-state index contributed by atoms with van der Waals surface area (Å²) in [5, 5.41) is 0. The van der Waals surface area contributed by atoms with Gasteiger partial charge in [0.05, 0.1) is 0 Å². The van der Waals surface area contributed by atoms with Crippen LogP contribution >= 0.6 is 0 Å². The molecule has 0 spiro atoms. The zero-order valence-corrected chi connectivity index (χ0v) is 23.2. The van der Waals surface area contributed by atoms with Crippen molar-refractivity contribution in [2.45, 2.75) is 52.4 Å². The molecule has 4 rings (SSSR count). The Balaban J connectivity index is 2.07. The van der Waals surface area contributed by atoms with E-state index >= 15 is 17.6 Å². The van der Waals surface area contributed by atoms with E-state index in [2.05, 4.69) is 0 Å². The van der Waals surface area contributed by atoms with Crippen LogP contribution in [0.1, 0.15) is 52.4 Å². The van der Waals surface area contributed by atoms with Crippen LogP contribution in [0, 0.1) is 23.3 Å². The summed E-state index contributed by atoms with van der Waals surface area (Å²) in [7, 11) is 0. The molecule has 0 aliphatic heterocycles. The Morgan fingerprint density at radius 1 is 0.718 bits per heavy atom. The fourth-order valence-corrected chi connectivity index (χ4v) is 13.3. The van der Waals surface area contributed by atoms with Crippen molar-refractivity contribution in [1.29, 1.82) is 0 Å². The molecule has 0 bridgehead atoms. The van der Waals surface area contributed by atoms with E-state index in [1.165, 1.54) is 0 Å². The second-order valence-corrected chi connectivity index (χ2v) is 15.2. The topological polar surface area (TPSA) is 52.6 Å². The van der Waals surface area contributed by atoms with Gasteiger partial charge in [0.25, 0.3) is 0 Å². The molecule has 2 aliphatic carbocycles. The van der Waals surface area contributed by atoms with Crippen molar-refractivity contribution in [3.8, 4) is 11.5 Å². The van der Waals surface area contributed by atoms with E-state index < -0.39 is 71.0 Å². The monoisotopic (exact) mass is 576 g/mol. The van der Waals surface area contributed by atoms with E-state index in [-0.39, 0.29) is 25.7 Å². The number of rotatable bonds is 10. The van der Waals surface area contributed by atoms with Crippen LogP contribution in [0.25, 0.3) is 0 Å². The van der Waals surface area contributed by atoms with Crippen LogP contribution in [0.3, 0.4) is 0 Å². The predicted octanol–water partition coefficient (Wildman–Crippen LogP) is 6.45. The molecule has 204 valence electrons. The van der Waals surface area contributed by atoms with Gasteiger partial charge in [-0.3, -0.25) is 0 Å². The normalized spacial score (nSPS) is 14.4. The summed E-state index contributed by atoms with van der Waals surface area (Å²) in [6.45, 7) is 3.50. The average Bonchev–Trinajstić information content (AvgIpc) is 3.62. The Morgan fingerprint density at radius 3 is 1.46 bits per heavy atom. The van der Waals surface area contributed by atoms with E-state index in [0.717, 1.165) is 24.3 Å². The van der Waals surface area contributed by atoms with Crippen molar-refractivity contribution in [3.05, 3.63) is 91.7 Å². The molecule has 0 heterocycles. The Bertz CT molecular complexity index is 1320. The summed E-state index contributed by atoms with van der Waals surface area (Å²) in [6, 6.07) is 3.93. The minimum atomic E-state index is -5.12. The van der Waals surface area contributed by atoms with Gasteiger partial charge in [0.2, 0.25) is 0 Å². The first-order valence-electron chi connectivity index (χ1n) is 12.9. The molecule has 4 nitrogen and oxygen atoms in total. The van der Waals surface area contributed by atoms with Crippen LogP contribution < -0.4 is 17.2 Å². The van der Waals surface area contributed by atoms with Crippen molar-refractivity contribution >= 4 is 19.7 Å². The number of carbonyl (C=O) groups excluding carboxylic acids is 2. The number of allylic oxidation sites excluding steroid dienone is 8. The summed E-state index contributed by atoms with van der Waals surface area (Å²) in [4.78, 5) is 24.4. The number of benzene rings is 2.